The van der Waals surface area contributed by atoms with Crippen molar-refractivity contribution in [1.29, 1.82) is 0 Å². The summed E-state index contributed by atoms with van der Waals surface area (Å²) in [6.45, 7) is 4.95. The minimum absolute atomic E-state index is 0.175. The maximum atomic E-state index is 12.0. The second kappa shape index (κ2) is 8.41. The van der Waals surface area contributed by atoms with E-state index in [1.807, 2.05) is 18.2 Å². The Morgan fingerprint density at radius 2 is 1.73 bits per heavy atom. The molecule has 1 aromatic carbocycles. The number of benzene rings is 1. The highest BCUT2D eigenvalue weighted by Crippen LogP contribution is 2.28. The molecule has 0 spiro atoms. The number of carbonyl (C=O) groups excluding carboxylic acids is 2. The molecular formula is C17H24O5. The van der Waals surface area contributed by atoms with Crippen molar-refractivity contribution in [3.8, 4) is 11.5 Å². The maximum absolute atomic E-state index is 12.0. The number of methoxy groups -OCH3 is 2. The third-order valence-electron chi connectivity index (χ3n) is 3.30. The van der Waals surface area contributed by atoms with Gasteiger partial charge in [0.05, 0.1) is 20.3 Å². The van der Waals surface area contributed by atoms with Gasteiger partial charge in [0, 0.05) is 0 Å². The Balaban J connectivity index is 2.77. The molecule has 1 atom stereocenters. The number of hydrogen-bond donors (Lipinski definition) is 0. The molecule has 0 fully saturated rings. The highest BCUT2D eigenvalue weighted by molar-refractivity contribution is 5.97. The number of carbonyl (C=O) groups is 2. The van der Waals surface area contributed by atoms with Crippen LogP contribution in [0, 0.1) is 5.92 Å². The molecule has 0 aromatic heterocycles. The molecule has 0 amide bonds. The van der Waals surface area contributed by atoms with Gasteiger partial charge in [-0.2, -0.15) is 0 Å². The van der Waals surface area contributed by atoms with Gasteiger partial charge in [-0.3, -0.25) is 9.59 Å². The van der Waals surface area contributed by atoms with Crippen LogP contribution in [0.2, 0.25) is 0 Å². The zero-order chi connectivity index (χ0) is 16.7. The molecule has 5 nitrogen and oxygen atoms in total. The number of ether oxygens (including phenoxy) is 3. The summed E-state index contributed by atoms with van der Waals surface area (Å²) in [5, 5.41) is 0. The van der Waals surface area contributed by atoms with Crippen LogP contribution in [0.5, 0.6) is 11.5 Å². The summed E-state index contributed by atoms with van der Waals surface area (Å²) >= 11 is 0. The molecule has 0 saturated carbocycles. The summed E-state index contributed by atoms with van der Waals surface area (Å²) in [5.41, 5.74) is 0.973. The van der Waals surface area contributed by atoms with Gasteiger partial charge in [0.15, 0.2) is 11.5 Å². The number of Topliss-reactive ketones (excluding diaryl/α,β-unsaturated/α-hetero) is 1. The first-order valence-corrected chi connectivity index (χ1v) is 7.30. The number of hydrogen-bond acceptors (Lipinski definition) is 5. The molecule has 122 valence electrons. The normalized spacial score (nSPS) is 11.9. The van der Waals surface area contributed by atoms with E-state index in [1.165, 1.54) is 6.92 Å². The third kappa shape index (κ3) is 5.06. The molecule has 0 heterocycles. The summed E-state index contributed by atoms with van der Waals surface area (Å²) in [5.74, 6) is -0.0812. The number of aryl methyl sites for hydroxylation is 1. The van der Waals surface area contributed by atoms with Gasteiger partial charge in [0.2, 0.25) is 0 Å². The monoisotopic (exact) mass is 308 g/mol. The SMILES string of the molecule is COc1ccc(CCC(C(C)=O)C(=O)OC(C)C)cc1OC. The lowest BCUT2D eigenvalue weighted by Gasteiger charge is -2.16. The molecule has 22 heavy (non-hydrogen) atoms. The van der Waals surface area contributed by atoms with Gasteiger partial charge in [0.25, 0.3) is 0 Å². The minimum Gasteiger partial charge on any atom is -0.493 e. The van der Waals surface area contributed by atoms with Crippen molar-refractivity contribution in [2.75, 3.05) is 14.2 Å². The van der Waals surface area contributed by atoms with Crippen molar-refractivity contribution >= 4 is 11.8 Å². The summed E-state index contributed by atoms with van der Waals surface area (Å²) in [6, 6.07) is 5.56. The standard InChI is InChI=1S/C17H24O5/c1-11(2)22-17(19)14(12(3)18)8-6-13-7-9-15(20-4)16(10-13)21-5/h7,9-11,14H,6,8H2,1-5H3. The summed E-state index contributed by atoms with van der Waals surface area (Å²) in [7, 11) is 3.14. The fraction of sp³-hybridized carbons (Fsp3) is 0.529. The minimum atomic E-state index is -0.726. The number of ketones is 1. The molecule has 0 aliphatic rings. The van der Waals surface area contributed by atoms with Gasteiger partial charge in [-0.1, -0.05) is 6.07 Å². The van der Waals surface area contributed by atoms with Gasteiger partial charge >= 0.3 is 5.97 Å². The van der Waals surface area contributed by atoms with Crippen LogP contribution in [0.25, 0.3) is 0 Å². The lowest BCUT2D eigenvalue weighted by atomic mass is 9.96. The van der Waals surface area contributed by atoms with Gasteiger partial charge < -0.3 is 14.2 Å². The van der Waals surface area contributed by atoms with Gasteiger partial charge in [-0.25, -0.2) is 0 Å². The molecule has 0 radical (unpaired) electrons. The smallest absolute Gasteiger partial charge is 0.316 e. The molecule has 1 rings (SSSR count). The quantitative estimate of drug-likeness (QED) is 0.546. The van der Waals surface area contributed by atoms with Crippen LogP contribution in [0.3, 0.4) is 0 Å². The van der Waals surface area contributed by atoms with E-state index in [0.29, 0.717) is 24.3 Å². The molecule has 0 saturated heterocycles. The molecule has 0 aliphatic carbocycles. The largest absolute Gasteiger partial charge is 0.493 e. The fourth-order valence-corrected chi connectivity index (χ4v) is 2.15. The van der Waals surface area contributed by atoms with Crippen molar-refractivity contribution < 1.29 is 23.8 Å². The second-order valence-corrected chi connectivity index (χ2v) is 5.38. The average molecular weight is 308 g/mol. The number of rotatable bonds is 8. The van der Waals surface area contributed by atoms with Crippen LogP contribution in [0.1, 0.15) is 32.8 Å². The Bertz CT molecular complexity index is 522. The van der Waals surface area contributed by atoms with Crippen molar-refractivity contribution in [3.05, 3.63) is 23.8 Å². The molecule has 5 heteroatoms. The van der Waals surface area contributed by atoms with E-state index in [4.69, 9.17) is 14.2 Å². The Morgan fingerprint density at radius 3 is 2.23 bits per heavy atom. The molecule has 0 bridgehead atoms. The van der Waals surface area contributed by atoms with E-state index in [2.05, 4.69) is 0 Å². The predicted molar refractivity (Wildman–Crippen MR) is 83.3 cm³/mol. The average Bonchev–Trinajstić information content (AvgIpc) is 2.46. The molecule has 0 N–H and O–H groups in total. The van der Waals surface area contributed by atoms with E-state index < -0.39 is 11.9 Å². The van der Waals surface area contributed by atoms with Crippen molar-refractivity contribution in [2.45, 2.75) is 39.7 Å². The van der Waals surface area contributed by atoms with Gasteiger partial charge in [0.1, 0.15) is 11.7 Å². The lowest BCUT2D eigenvalue weighted by molar-refractivity contribution is -0.155. The molecule has 0 aliphatic heterocycles. The molecule has 1 unspecified atom stereocenters. The van der Waals surface area contributed by atoms with Crippen LogP contribution in [-0.2, 0) is 20.7 Å². The van der Waals surface area contributed by atoms with Crippen LogP contribution in [-0.4, -0.2) is 32.1 Å². The zero-order valence-corrected chi connectivity index (χ0v) is 13.8. The van der Waals surface area contributed by atoms with Crippen LogP contribution in [0.15, 0.2) is 18.2 Å². The summed E-state index contributed by atoms with van der Waals surface area (Å²) in [6.07, 6.45) is 0.768. The highest BCUT2D eigenvalue weighted by atomic mass is 16.5. The first kappa shape index (κ1) is 18.0. The van der Waals surface area contributed by atoms with Crippen LogP contribution < -0.4 is 9.47 Å². The van der Waals surface area contributed by atoms with E-state index in [9.17, 15) is 9.59 Å². The van der Waals surface area contributed by atoms with E-state index in [0.717, 1.165) is 5.56 Å². The van der Waals surface area contributed by atoms with E-state index in [-0.39, 0.29) is 11.9 Å². The fourth-order valence-electron chi connectivity index (χ4n) is 2.15. The summed E-state index contributed by atoms with van der Waals surface area (Å²) in [4.78, 5) is 23.6. The second-order valence-electron chi connectivity index (χ2n) is 5.38. The molecular weight excluding hydrogens is 284 g/mol. The first-order valence-electron chi connectivity index (χ1n) is 7.30. The first-order chi connectivity index (χ1) is 10.4. The van der Waals surface area contributed by atoms with E-state index >= 15 is 0 Å². The van der Waals surface area contributed by atoms with Crippen LogP contribution >= 0.6 is 0 Å². The Morgan fingerprint density at radius 1 is 1.09 bits per heavy atom. The topological polar surface area (TPSA) is 61.8 Å². The molecule has 1 aromatic rings. The predicted octanol–water partition coefficient (Wildman–Crippen LogP) is 2.79. The zero-order valence-electron chi connectivity index (χ0n) is 13.8. The highest BCUT2D eigenvalue weighted by Gasteiger charge is 2.25. The Labute approximate surface area is 131 Å². The van der Waals surface area contributed by atoms with E-state index in [1.54, 1.807) is 28.1 Å². The van der Waals surface area contributed by atoms with Crippen molar-refractivity contribution in [3.63, 3.8) is 0 Å². The third-order valence-corrected chi connectivity index (χ3v) is 3.30. The van der Waals surface area contributed by atoms with Gasteiger partial charge in [-0.05, 0) is 51.3 Å². The Hall–Kier alpha value is -2.04. The summed E-state index contributed by atoms with van der Waals surface area (Å²) < 4.78 is 15.6. The Kier molecular flexibility index (Phi) is 6.89. The van der Waals surface area contributed by atoms with Crippen LogP contribution in [0.4, 0.5) is 0 Å². The number of esters is 1. The lowest BCUT2D eigenvalue weighted by Crippen LogP contribution is -2.27. The maximum Gasteiger partial charge on any atom is 0.316 e. The van der Waals surface area contributed by atoms with Gasteiger partial charge in [-0.15, -0.1) is 0 Å². The van der Waals surface area contributed by atoms with Crippen molar-refractivity contribution in [2.24, 2.45) is 5.92 Å². The van der Waals surface area contributed by atoms with Crippen molar-refractivity contribution in [1.82, 2.24) is 0 Å².